The lowest BCUT2D eigenvalue weighted by atomic mass is 9.93. The third-order valence-electron chi connectivity index (χ3n) is 4.01. The summed E-state index contributed by atoms with van der Waals surface area (Å²) in [5, 5.41) is 31.7. The molecule has 0 aromatic rings. The summed E-state index contributed by atoms with van der Waals surface area (Å²) < 4.78 is 5.41. The SMILES string of the molecule is CCCCCCCC(=O)NC1C(C)OC(CO)C(O)C1O. The molecule has 1 rings (SSSR count). The molecule has 1 aliphatic rings. The maximum atomic E-state index is 11.9. The summed E-state index contributed by atoms with van der Waals surface area (Å²) in [7, 11) is 0. The Morgan fingerprint density at radius 1 is 1.14 bits per heavy atom. The van der Waals surface area contributed by atoms with Crippen LogP contribution < -0.4 is 5.32 Å². The zero-order chi connectivity index (χ0) is 15.8. The molecule has 0 spiro atoms. The first-order valence-corrected chi connectivity index (χ1v) is 7.93. The summed E-state index contributed by atoms with van der Waals surface area (Å²) in [6, 6.07) is -0.647. The molecule has 0 bridgehead atoms. The number of ether oxygens (including phenoxy) is 1. The van der Waals surface area contributed by atoms with E-state index in [1.54, 1.807) is 6.92 Å². The van der Waals surface area contributed by atoms with Gasteiger partial charge in [-0.2, -0.15) is 0 Å². The Balaban J connectivity index is 2.37. The average molecular weight is 303 g/mol. The first-order valence-electron chi connectivity index (χ1n) is 7.93. The van der Waals surface area contributed by atoms with Crippen LogP contribution >= 0.6 is 0 Å². The Kier molecular flexibility index (Phi) is 8.18. The lowest BCUT2D eigenvalue weighted by Crippen LogP contribution is -2.63. The molecule has 6 heteroatoms. The van der Waals surface area contributed by atoms with Crippen LogP contribution in [0.1, 0.15) is 52.4 Å². The van der Waals surface area contributed by atoms with Crippen molar-refractivity contribution < 1.29 is 24.9 Å². The van der Waals surface area contributed by atoms with Crippen LogP contribution in [0.2, 0.25) is 0 Å². The van der Waals surface area contributed by atoms with Crippen molar-refractivity contribution in [1.29, 1.82) is 0 Å². The zero-order valence-electron chi connectivity index (χ0n) is 13.0. The number of aliphatic hydroxyl groups is 3. The van der Waals surface area contributed by atoms with E-state index in [9.17, 15) is 15.0 Å². The van der Waals surface area contributed by atoms with E-state index < -0.39 is 30.5 Å². The molecule has 1 heterocycles. The normalized spacial score (nSPS) is 32.9. The van der Waals surface area contributed by atoms with Gasteiger partial charge in [-0.3, -0.25) is 4.79 Å². The molecule has 0 aromatic carbocycles. The monoisotopic (exact) mass is 303 g/mol. The molecule has 5 unspecified atom stereocenters. The highest BCUT2D eigenvalue weighted by Crippen LogP contribution is 2.21. The lowest BCUT2D eigenvalue weighted by Gasteiger charge is -2.41. The summed E-state index contributed by atoms with van der Waals surface area (Å²) in [5.74, 6) is -0.138. The summed E-state index contributed by atoms with van der Waals surface area (Å²) in [4.78, 5) is 11.9. The molecule has 1 saturated heterocycles. The lowest BCUT2D eigenvalue weighted by molar-refractivity contribution is -0.190. The van der Waals surface area contributed by atoms with Crippen LogP contribution in [-0.4, -0.2) is 58.3 Å². The maximum absolute atomic E-state index is 11.9. The molecule has 0 aliphatic carbocycles. The molecule has 6 nitrogen and oxygen atoms in total. The van der Waals surface area contributed by atoms with Gasteiger partial charge in [-0.1, -0.05) is 32.6 Å². The smallest absolute Gasteiger partial charge is 0.220 e. The average Bonchev–Trinajstić information content (AvgIpc) is 2.47. The minimum absolute atomic E-state index is 0.138. The molecule has 124 valence electrons. The summed E-state index contributed by atoms with van der Waals surface area (Å²) in [5.41, 5.74) is 0. The first-order chi connectivity index (χ1) is 10.0. The Hall–Kier alpha value is -0.690. The number of aliphatic hydroxyl groups excluding tert-OH is 3. The Morgan fingerprint density at radius 3 is 2.43 bits per heavy atom. The highest BCUT2D eigenvalue weighted by atomic mass is 16.5. The first kappa shape index (κ1) is 18.4. The minimum Gasteiger partial charge on any atom is -0.394 e. The van der Waals surface area contributed by atoms with Crippen molar-refractivity contribution in [2.24, 2.45) is 0 Å². The van der Waals surface area contributed by atoms with Gasteiger partial charge in [0.05, 0.1) is 18.8 Å². The fourth-order valence-electron chi connectivity index (χ4n) is 2.65. The van der Waals surface area contributed by atoms with Crippen LogP contribution in [-0.2, 0) is 9.53 Å². The van der Waals surface area contributed by atoms with Crippen molar-refractivity contribution in [1.82, 2.24) is 5.32 Å². The second kappa shape index (κ2) is 9.35. The highest BCUT2D eigenvalue weighted by Gasteiger charge is 2.42. The maximum Gasteiger partial charge on any atom is 0.220 e. The number of hydrogen-bond donors (Lipinski definition) is 4. The molecule has 0 radical (unpaired) electrons. The van der Waals surface area contributed by atoms with E-state index in [2.05, 4.69) is 12.2 Å². The van der Waals surface area contributed by atoms with Gasteiger partial charge in [0.15, 0.2) is 0 Å². The molecular weight excluding hydrogens is 274 g/mol. The van der Waals surface area contributed by atoms with Crippen LogP contribution in [0.3, 0.4) is 0 Å². The van der Waals surface area contributed by atoms with Crippen molar-refractivity contribution in [2.75, 3.05) is 6.61 Å². The zero-order valence-corrected chi connectivity index (χ0v) is 13.0. The van der Waals surface area contributed by atoms with E-state index in [4.69, 9.17) is 9.84 Å². The van der Waals surface area contributed by atoms with Gasteiger partial charge in [0, 0.05) is 6.42 Å². The van der Waals surface area contributed by atoms with Gasteiger partial charge in [-0.25, -0.2) is 0 Å². The molecule has 0 aromatic heterocycles. The van der Waals surface area contributed by atoms with Crippen LogP contribution in [0.25, 0.3) is 0 Å². The molecule has 1 aliphatic heterocycles. The van der Waals surface area contributed by atoms with Crippen LogP contribution in [0.15, 0.2) is 0 Å². The number of amides is 1. The van der Waals surface area contributed by atoms with Gasteiger partial charge in [0.25, 0.3) is 0 Å². The molecule has 1 fully saturated rings. The van der Waals surface area contributed by atoms with Gasteiger partial charge < -0.3 is 25.4 Å². The number of carbonyl (C=O) groups excluding carboxylic acids is 1. The van der Waals surface area contributed by atoms with Crippen LogP contribution in [0, 0.1) is 0 Å². The number of carbonyl (C=O) groups is 1. The number of unbranched alkanes of at least 4 members (excludes halogenated alkanes) is 4. The summed E-state index contributed by atoms with van der Waals surface area (Å²) in [6.45, 7) is 3.49. The Labute approximate surface area is 126 Å². The van der Waals surface area contributed by atoms with E-state index in [-0.39, 0.29) is 12.5 Å². The van der Waals surface area contributed by atoms with E-state index in [0.29, 0.717) is 6.42 Å². The van der Waals surface area contributed by atoms with Crippen molar-refractivity contribution in [2.45, 2.75) is 82.8 Å². The molecular formula is C15H29NO5. The topological polar surface area (TPSA) is 99.0 Å². The number of nitrogens with one attached hydrogen (secondary N) is 1. The molecule has 21 heavy (non-hydrogen) atoms. The van der Waals surface area contributed by atoms with Gasteiger partial charge in [-0.15, -0.1) is 0 Å². The molecule has 0 saturated carbocycles. The predicted molar refractivity (Wildman–Crippen MR) is 78.7 cm³/mol. The number of hydrogen-bond acceptors (Lipinski definition) is 5. The van der Waals surface area contributed by atoms with Crippen LogP contribution in [0.4, 0.5) is 0 Å². The standard InChI is InChI=1S/C15H29NO5/c1-3-4-5-6-7-8-12(18)16-13-10(2)21-11(9-17)14(19)15(13)20/h10-11,13-15,17,19-20H,3-9H2,1-2H3,(H,16,18). The Bertz CT molecular complexity index is 312. The largest absolute Gasteiger partial charge is 0.394 e. The van der Waals surface area contributed by atoms with Gasteiger partial charge in [0.1, 0.15) is 18.3 Å². The number of rotatable bonds is 8. The van der Waals surface area contributed by atoms with E-state index in [0.717, 1.165) is 19.3 Å². The van der Waals surface area contributed by atoms with E-state index >= 15 is 0 Å². The fourth-order valence-corrected chi connectivity index (χ4v) is 2.65. The van der Waals surface area contributed by atoms with Crippen molar-refractivity contribution >= 4 is 5.91 Å². The fraction of sp³-hybridized carbons (Fsp3) is 0.933. The Morgan fingerprint density at radius 2 is 1.81 bits per heavy atom. The summed E-state index contributed by atoms with van der Waals surface area (Å²) >= 11 is 0. The molecule has 5 atom stereocenters. The predicted octanol–water partition coefficient (Wildman–Crippen LogP) is 0.333. The van der Waals surface area contributed by atoms with Crippen molar-refractivity contribution in [3.05, 3.63) is 0 Å². The molecule has 4 N–H and O–H groups in total. The van der Waals surface area contributed by atoms with Crippen molar-refractivity contribution in [3.63, 3.8) is 0 Å². The third-order valence-corrected chi connectivity index (χ3v) is 4.01. The van der Waals surface area contributed by atoms with Gasteiger partial charge >= 0.3 is 0 Å². The third kappa shape index (κ3) is 5.54. The van der Waals surface area contributed by atoms with Gasteiger partial charge in [0.2, 0.25) is 5.91 Å². The second-order valence-corrected chi connectivity index (χ2v) is 5.80. The quantitative estimate of drug-likeness (QED) is 0.484. The van der Waals surface area contributed by atoms with Crippen molar-refractivity contribution in [3.8, 4) is 0 Å². The van der Waals surface area contributed by atoms with Gasteiger partial charge in [-0.05, 0) is 13.3 Å². The highest BCUT2D eigenvalue weighted by molar-refractivity contribution is 5.76. The molecule has 1 amide bonds. The summed E-state index contributed by atoms with van der Waals surface area (Å²) in [6.07, 6.45) is 2.16. The second-order valence-electron chi connectivity index (χ2n) is 5.80. The van der Waals surface area contributed by atoms with E-state index in [1.165, 1.54) is 12.8 Å². The minimum atomic E-state index is -1.19. The van der Waals surface area contributed by atoms with Crippen LogP contribution in [0.5, 0.6) is 0 Å². The van der Waals surface area contributed by atoms with E-state index in [1.807, 2.05) is 0 Å².